The second kappa shape index (κ2) is 5.17. The van der Waals surface area contributed by atoms with E-state index in [0.29, 0.717) is 12.5 Å². The van der Waals surface area contributed by atoms with Gasteiger partial charge in [0.1, 0.15) is 0 Å². The van der Waals surface area contributed by atoms with E-state index >= 15 is 0 Å². The van der Waals surface area contributed by atoms with Crippen LogP contribution in [-0.2, 0) is 4.79 Å². The van der Waals surface area contributed by atoms with Crippen molar-refractivity contribution >= 4 is 5.91 Å². The average Bonchev–Trinajstić information content (AvgIpc) is 2.67. The lowest BCUT2D eigenvalue weighted by Gasteiger charge is -2.30. The molecule has 1 amide bonds. The first-order valence-corrected chi connectivity index (χ1v) is 6.33. The Bertz CT molecular complexity index is 239. The Morgan fingerprint density at radius 3 is 2.31 bits per heavy atom. The van der Waals surface area contributed by atoms with Crippen molar-refractivity contribution in [2.75, 3.05) is 7.05 Å². The summed E-state index contributed by atoms with van der Waals surface area (Å²) in [6, 6.07) is 0.406. The van der Waals surface area contributed by atoms with E-state index in [1.165, 1.54) is 12.8 Å². The van der Waals surface area contributed by atoms with E-state index in [-0.39, 0.29) is 17.4 Å². The molecule has 0 saturated heterocycles. The molecule has 0 spiro atoms. The van der Waals surface area contributed by atoms with Crippen molar-refractivity contribution in [3.05, 3.63) is 0 Å². The zero-order valence-electron chi connectivity index (χ0n) is 11.1. The Labute approximate surface area is 99.4 Å². The predicted octanol–water partition coefficient (Wildman–Crippen LogP) is 2.15. The molecule has 1 aliphatic rings. The largest absolute Gasteiger partial charge is 0.343 e. The average molecular weight is 226 g/mol. The van der Waals surface area contributed by atoms with E-state index in [1.807, 2.05) is 11.9 Å². The first-order chi connectivity index (χ1) is 7.32. The van der Waals surface area contributed by atoms with Crippen molar-refractivity contribution in [2.24, 2.45) is 11.1 Å². The fourth-order valence-electron chi connectivity index (χ4n) is 2.13. The van der Waals surface area contributed by atoms with Crippen LogP contribution in [0.15, 0.2) is 0 Å². The van der Waals surface area contributed by atoms with E-state index in [4.69, 9.17) is 5.73 Å². The van der Waals surface area contributed by atoms with Gasteiger partial charge in [0.25, 0.3) is 0 Å². The van der Waals surface area contributed by atoms with E-state index in [0.717, 1.165) is 12.8 Å². The molecule has 0 aliphatic heterocycles. The Kier molecular flexibility index (Phi) is 4.36. The quantitative estimate of drug-likeness (QED) is 0.801. The predicted molar refractivity (Wildman–Crippen MR) is 67.1 cm³/mol. The third-order valence-corrected chi connectivity index (χ3v) is 3.77. The Hall–Kier alpha value is -0.570. The van der Waals surface area contributed by atoms with Gasteiger partial charge >= 0.3 is 0 Å². The fraction of sp³-hybridized carbons (Fsp3) is 0.923. The van der Waals surface area contributed by atoms with Crippen molar-refractivity contribution in [1.29, 1.82) is 0 Å². The molecule has 1 atom stereocenters. The molecule has 1 rings (SSSR count). The summed E-state index contributed by atoms with van der Waals surface area (Å²) in [5, 5.41) is 0. The van der Waals surface area contributed by atoms with Gasteiger partial charge in [0.05, 0.1) is 0 Å². The molecule has 0 heterocycles. The number of hydrogen-bond acceptors (Lipinski definition) is 2. The molecule has 1 saturated carbocycles. The maximum Gasteiger partial charge on any atom is 0.224 e. The summed E-state index contributed by atoms with van der Waals surface area (Å²) >= 11 is 0. The van der Waals surface area contributed by atoms with Crippen molar-refractivity contribution < 1.29 is 4.79 Å². The highest BCUT2D eigenvalue weighted by atomic mass is 16.2. The zero-order chi connectivity index (χ0) is 12.3. The van der Waals surface area contributed by atoms with E-state index in [1.54, 1.807) is 0 Å². The maximum atomic E-state index is 12.0. The first kappa shape index (κ1) is 13.5. The van der Waals surface area contributed by atoms with Gasteiger partial charge in [-0.25, -0.2) is 0 Å². The standard InChI is InChI=1S/C13H26N2O/c1-13(2,3)11(14)9-12(16)15(4)10-7-5-6-8-10/h10-11H,5-9,14H2,1-4H3. The lowest BCUT2D eigenvalue weighted by atomic mass is 9.85. The second-order valence-electron chi connectivity index (χ2n) is 6.12. The molecular weight excluding hydrogens is 200 g/mol. The summed E-state index contributed by atoms with van der Waals surface area (Å²) in [4.78, 5) is 13.9. The van der Waals surface area contributed by atoms with Crippen molar-refractivity contribution in [1.82, 2.24) is 4.90 Å². The van der Waals surface area contributed by atoms with Crippen LogP contribution < -0.4 is 5.73 Å². The van der Waals surface area contributed by atoms with Gasteiger partial charge in [0.2, 0.25) is 5.91 Å². The van der Waals surface area contributed by atoms with Gasteiger partial charge in [-0.3, -0.25) is 4.79 Å². The van der Waals surface area contributed by atoms with Gasteiger partial charge in [-0.2, -0.15) is 0 Å². The number of amides is 1. The molecule has 1 unspecified atom stereocenters. The van der Waals surface area contributed by atoms with Crippen LogP contribution in [0.5, 0.6) is 0 Å². The molecule has 0 aromatic rings. The Morgan fingerprint density at radius 1 is 1.38 bits per heavy atom. The van der Waals surface area contributed by atoms with E-state index < -0.39 is 0 Å². The molecule has 0 radical (unpaired) electrons. The van der Waals surface area contributed by atoms with Crippen LogP contribution in [0, 0.1) is 5.41 Å². The lowest BCUT2D eigenvalue weighted by molar-refractivity contribution is -0.132. The molecule has 0 aromatic heterocycles. The summed E-state index contributed by atoms with van der Waals surface area (Å²) in [5.41, 5.74) is 6.05. The molecule has 16 heavy (non-hydrogen) atoms. The minimum Gasteiger partial charge on any atom is -0.343 e. The van der Waals surface area contributed by atoms with Crippen LogP contribution >= 0.6 is 0 Å². The van der Waals surface area contributed by atoms with Crippen LogP contribution in [0.2, 0.25) is 0 Å². The number of hydrogen-bond donors (Lipinski definition) is 1. The Morgan fingerprint density at radius 2 is 1.88 bits per heavy atom. The third kappa shape index (κ3) is 3.48. The molecule has 0 aromatic carbocycles. The maximum absolute atomic E-state index is 12.0. The molecule has 0 bridgehead atoms. The van der Waals surface area contributed by atoms with Crippen LogP contribution in [0.3, 0.4) is 0 Å². The monoisotopic (exact) mass is 226 g/mol. The van der Waals surface area contributed by atoms with Gasteiger partial charge in [-0.15, -0.1) is 0 Å². The SMILES string of the molecule is CN(C(=O)CC(N)C(C)(C)C)C1CCCC1. The molecule has 94 valence electrons. The number of nitrogens with two attached hydrogens (primary N) is 1. The fourth-order valence-corrected chi connectivity index (χ4v) is 2.13. The summed E-state index contributed by atoms with van der Waals surface area (Å²) in [5.74, 6) is 0.203. The third-order valence-electron chi connectivity index (χ3n) is 3.77. The summed E-state index contributed by atoms with van der Waals surface area (Å²) in [7, 11) is 1.92. The lowest BCUT2D eigenvalue weighted by Crippen LogP contribution is -2.43. The van der Waals surface area contributed by atoms with Gasteiger partial charge in [0, 0.05) is 25.6 Å². The highest BCUT2D eigenvalue weighted by molar-refractivity contribution is 5.77. The van der Waals surface area contributed by atoms with Crippen LogP contribution in [-0.4, -0.2) is 29.9 Å². The van der Waals surface area contributed by atoms with Gasteiger partial charge < -0.3 is 10.6 Å². The van der Waals surface area contributed by atoms with Crippen molar-refractivity contribution in [2.45, 2.75) is 65.0 Å². The molecular formula is C13H26N2O. The Balaban J connectivity index is 2.45. The minimum absolute atomic E-state index is 0.00613. The highest BCUT2D eigenvalue weighted by Gasteiger charge is 2.28. The zero-order valence-corrected chi connectivity index (χ0v) is 11.1. The molecule has 2 N–H and O–H groups in total. The van der Waals surface area contributed by atoms with Crippen LogP contribution in [0.25, 0.3) is 0 Å². The van der Waals surface area contributed by atoms with Crippen molar-refractivity contribution in [3.8, 4) is 0 Å². The molecule has 3 heteroatoms. The summed E-state index contributed by atoms with van der Waals surface area (Å²) in [6.45, 7) is 6.25. The minimum atomic E-state index is -0.0520. The van der Waals surface area contributed by atoms with Gasteiger partial charge in [-0.05, 0) is 18.3 Å². The smallest absolute Gasteiger partial charge is 0.224 e. The van der Waals surface area contributed by atoms with Crippen LogP contribution in [0.4, 0.5) is 0 Å². The van der Waals surface area contributed by atoms with Crippen LogP contribution in [0.1, 0.15) is 52.9 Å². The summed E-state index contributed by atoms with van der Waals surface area (Å²) in [6.07, 6.45) is 5.30. The van der Waals surface area contributed by atoms with E-state index in [9.17, 15) is 4.79 Å². The normalized spacial score (nSPS) is 19.8. The van der Waals surface area contributed by atoms with E-state index in [2.05, 4.69) is 20.8 Å². The van der Waals surface area contributed by atoms with Gasteiger partial charge in [-0.1, -0.05) is 33.6 Å². The topological polar surface area (TPSA) is 46.3 Å². The number of carbonyl (C=O) groups excluding carboxylic acids is 1. The number of rotatable bonds is 3. The molecule has 3 nitrogen and oxygen atoms in total. The first-order valence-electron chi connectivity index (χ1n) is 6.33. The van der Waals surface area contributed by atoms with Crippen molar-refractivity contribution in [3.63, 3.8) is 0 Å². The molecule has 1 aliphatic carbocycles. The molecule has 1 fully saturated rings. The number of carbonyl (C=O) groups is 1. The van der Waals surface area contributed by atoms with Gasteiger partial charge in [0.15, 0.2) is 0 Å². The summed E-state index contributed by atoms with van der Waals surface area (Å²) < 4.78 is 0. The second-order valence-corrected chi connectivity index (χ2v) is 6.12. The highest BCUT2D eigenvalue weighted by Crippen LogP contribution is 2.25. The number of nitrogens with zero attached hydrogens (tertiary/aromatic N) is 1.